The number of ketones is 2. The molecule has 2 fully saturated rings. The van der Waals surface area contributed by atoms with E-state index in [1.54, 1.807) is 24.3 Å². The Kier molecular flexibility index (Phi) is 8.03. The average molecular weight is 534 g/mol. The molecule has 39 heavy (non-hydrogen) atoms. The second kappa shape index (κ2) is 11.5. The Morgan fingerprint density at radius 2 is 1.46 bits per heavy atom. The number of hydrogen-bond acceptors (Lipinski definition) is 3. The molecular formula is C33H34F3NO2. The van der Waals surface area contributed by atoms with Crippen molar-refractivity contribution in [3.8, 4) is 0 Å². The van der Waals surface area contributed by atoms with Gasteiger partial charge in [-0.15, -0.1) is 0 Å². The van der Waals surface area contributed by atoms with Crippen LogP contribution in [0.1, 0.15) is 89.8 Å². The number of likely N-dealkylation sites (tertiary alicyclic amines) is 1. The Hall–Kier alpha value is -3.25. The van der Waals surface area contributed by atoms with Crippen LogP contribution in [-0.4, -0.2) is 23.0 Å². The highest BCUT2D eigenvalue weighted by molar-refractivity contribution is 5.99. The first-order valence-corrected chi connectivity index (χ1v) is 13.8. The maximum Gasteiger partial charge on any atom is 0.165 e. The number of rotatable bonds is 6. The van der Waals surface area contributed by atoms with Crippen LogP contribution < -0.4 is 0 Å². The number of carbonyl (C=O) groups excluding carboxylic acids is 2. The lowest BCUT2D eigenvalue weighted by Gasteiger charge is -2.59. The molecule has 1 heterocycles. The smallest absolute Gasteiger partial charge is 0.165 e. The fourth-order valence-electron chi connectivity index (χ4n) is 6.72. The second-order valence-corrected chi connectivity index (χ2v) is 11.3. The summed E-state index contributed by atoms with van der Waals surface area (Å²) < 4.78 is 41.8. The van der Waals surface area contributed by atoms with E-state index >= 15 is 0 Å². The van der Waals surface area contributed by atoms with E-state index in [0.29, 0.717) is 23.2 Å². The van der Waals surface area contributed by atoms with Crippen LogP contribution in [-0.2, 0) is 6.54 Å². The van der Waals surface area contributed by atoms with Gasteiger partial charge in [-0.2, -0.15) is 0 Å². The van der Waals surface area contributed by atoms with E-state index in [1.807, 2.05) is 12.1 Å². The summed E-state index contributed by atoms with van der Waals surface area (Å²) in [6, 6.07) is 17.2. The van der Waals surface area contributed by atoms with Gasteiger partial charge < -0.3 is 0 Å². The normalized spacial score (nSPS) is 23.9. The third kappa shape index (κ3) is 5.86. The molecule has 3 nitrogen and oxygen atoms in total. The second-order valence-electron chi connectivity index (χ2n) is 11.3. The highest BCUT2D eigenvalue weighted by Crippen LogP contribution is 2.56. The van der Waals surface area contributed by atoms with Crippen LogP contribution in [0.5, 0.6) is 0 Å². The van der Waals surface area contributed by atoms with Crippen molar-refractivity contribution in [2.75, 3.05) is 6.54 Å². The van der Waals surface area contributed by atoms with Crippen molar-refractivity contribution in [3.05, 3.63) is 106 Å². The highest BCUT2D eigenvalue weighted by Gasteiger charge is 2.52. The third-order valence-electron chi connectivity index (χ3n) is 8.69. The minimum atomic E-state index is -0.596. The summed E-state index contributed by atoms with van der Waals surface area (Å²) in [5.41, 5.74) is 2.66. The molecule has 2 aliphatic rings. The lowest BCUT2D eigenvalue weighted by Crippen LogP contribution is -2.58. The molecule has 3 unspecified atom stereocenters. The van der Waals surface area contributed by atoms with Gasteiger partial charge in [0.15, 0.2) is 11.6 Å². The quantitative estimate of drug-likeness (QED) is 0.301. The van der Waals surface area contributed by atoms with Gasteiger partial charge in [-0.3, -0.25) is 14.5 Å². The minimum Gasteiger partial charge on any atom is -0.295 e. The zero-order valence-electron chi connectivity index (χ0n) is 22.3. The number of hydrogen-bond donors (Lipinski definition) is 0. The highest BCUT2D eigenvalue weighted by atomic mass is 19.1. The largest absolute Gasteiger partial charge is 0.295 e. The maximum absolute atomic E-state index is 14.5. The predicted molar refractivity (Wildman–Crippen MR) is 145 cm³/mol. The molecule has 3 atom stereocenters. The number of nitrogens with zero attached hydrogens (tertiary/aromatic N) is 1. The van der Waals surface area contributed by atoms with Gasteiger partial charge in [0.25, 0.3) is 0 Å². The molecule has 1 aliphatic heterocycles. The third-order valence-corrected chi connectivity index (χ3v) is 8.69. The van der Waals surface area contributed by atoms with Crippen LogP contribution in [0.4, 0.5) is 13.2 Å². The molecule has 3 aromatic carbocycles. The van der Waals surface area contributed by atoms with E-state index in [1.165, 1.54) is 31.2 Å². The molecule has 0 aromatic heterocycles. The molecule has 0 N–H and O–H groups in total. The Balaban J connectivity index is 1.33. The zero-order chi connectivity index (χ0) is 27.6. The van der Waals surface area contributed by atoms with Crippen molar-refractivity contribution in [1.82, 2.24) is 4.90 Å². The molecule has 6 heteroatoms. The van der Waals surface area contributed by atoms with E-state index < -0.39 is 11.6 Å². The fraction of sp³-hybridized carbons (Fsp3) is 0.394. The van der Waals surface area contributed by atoms with Gasteiger partial charge in [0, 0.05) is 53.2 Å². The van der Waals surface area contributed by atoms with Crippen molar-refractivity contribution in [2.24, 2.45) is 11.3 Å². The Bertz CT molecular complexity index is 1340. The molecule has 0 amide bonds. The summed E-state index contributed by atoms with van der Waals surface area (Å²) in [4.78, 5) is 27.2. The van der Waals surface area contributed by atoms with E-state index in [0.717, 1.165) is 63.1 Å². The number of carbonyl (C=O) groups is 2. The summed E-state index contributed by atoms with van der Waals surface area (Å²) in [5.74, 6) is -1.39. The van der Waals surface area contributed by atoms with Gasteiger partial charge in [-0.1, -0.05) is 61.7 Å². The van der Waals surface area contributed by atoms with Gasteiger partial charge in [-0.25, -0.2) is 13.2 Å². The van der Waals surface area contributed by atoms with Crippen LogP contribution in [0.25, 0.3) is 0 Å². The Morgan fingerprint density at radius 1 is 0.821 bits per heavy atom. The summed E-state index contributed by atoms with van der Waals surface area (Å²) in [5, 5.41) is 0. The molecule has 1 spiro atoms. The Morgan fingerprint density at radius 3 is 2.15 bits per heavy atom. The van der Waals surface area contributed by atoms with Gasteiger partial charge in [0.05, 0.1) is 0 Å². The molecular weight excluding hydrogens is 499 g/mol. The van der Waals surface area contributed by atoms with Gasteiger partial charge in [0.1, 0.15) is 17.5 Å². The van der Waals surface area contributed by atoms with E-state index in [9.17, 15) is 22.8 Å². The molecule has 5 rings (SSSR count). The van der Waals surface area contributed by atoms with Gasteiger partial charge in [-0.05, 0) is 56.4 Å². The zero-order valence-corrected chi connectivity index (χ0v) is 22.3. The first kappa shape index (κ1) is 27.3. The van der Waals surface area contributed by atoms with Crippen LogP contribution >= 0.6 is 0 Å². The molecule has 0 radical (unpaired) electrons. The number of Topliss-reactive ketones (excluding diaryl/α,β-unsaturated/α-hetero) is 2. The fourth-order valence-corrected chi connectivity index (χ4v) is 6.72. The molecule has 3 aromatic rings. The van der Waals surface area contributed by atoms with Crippen molar-refractivity contribution in [1.29, 1.82) is 0 Å². The topological polar surface area (TPSA) is 37.4 Å². The summed E-state index contributed by atoms with van der Waals surface area (Å²) in [7, 11) is 0. The van der Waals surface area contributed by atoms with Gasteiger partial charge in [0.2, 0.25) is 0 Å². The standard InChI is InChI=1S/C33H34F3NO2/c1-22(38)23-7-9-25(10-8-23)31(39)24-5-2-3-17-33(18-4-6-24)21-37(20-27-13-16-29(35)19-30(27)36)32(33)26-11-14-28(34)15-12-26/h7-16,19,24,32H,2-6,17-18,20-21H2,1H3. The first-order valence-electron chi connectivity index (χ1n) is 13.8. The molecule has 0 bridgehead atoms. The Labute approximate surface area is 228 Å². The van der Waals surface area contributed by atoms with Gasteiger partial charge >= 0.3 is 0 Å². The lowest BCUT2D eigenvalue weighted by molar-refractivity contribution is -0.0977. The lowest BCUT2D eigenvalue weighted by atomic mass is 9.63. The molecule has 1 saturated heterocycles. The van der Waals surface area contributed by atoms with Crippen molar-refractivity contribution < 1.29 is 22.8 Å². The van der Waals surface area contributed by atoms with Crippen molar-refractivity contribution in [3.63, 3.8) is 0 Å². The summed E-state index contributed by atoms with van der Waals surface area (Å²) in [6.45, 7) is 2.65. The van der Waals surface area contributed by atoms with E-state index in [-0.39, 0.29) is 34.8 Å². The van der Waals surface area contributed by atoms with E-state index in [2.05, 4.69) is 4.90 Å². The average Bonchev–Trinajstić information content (AvgIpc) is 3.02. The maximum atomic E-state index is 14.5. The SMILES string of the molecule is CC(=O)c1ccc(C(=O)C2CCCCC3(CCC2)CN(Cc2ccc(F)cc2F)C3c2ccc(F)cc2)cc1. The summed E-state index contributed by atoms with van der Waals surface area (Å²) >= 11 is 0. The van der Waals surface area contributed by atoms with Crippen LogP contribution in [0.2, 0.25) is 0 Å². The number of benzene rings is 3. The summed E-state index contributed by atoms with van der Waals surface area (Å²) in [6.07, 6.45) is 6.32. The van der Waals surface area contributed by atoms with E-state index in [4.69, 9.17) is 0 Å². The number of halogens is 3. The van der Waals surface area contributed by atoms with Crippen molar-refractivity contribution >= 4 is 11.6 Å². The minimum absolute atomic E-state index is 0.00562. The molecule has 204 valence electrons. The molecule has 1 aliphatic carbocycles. The van der Waals surface area contributed by atoms with Crippen LogP contribution in [0.15, 0.2) is 66.7 Å². The van der Waals surface area contributed by atoms with Crippen LogP contribution in [0.3, 0.4) is 0 Å². The predicted octanol–water partition coefficient (Wildman–Crippen LogP) is 8.09. The monoisotopic (exact) mass is 533 g/mol. The van der Waals surface area contributed by atoms with Crippen LogP contribution in [0, 0.1) is 28.8 Å². The van der Waals surface area contributed by atoms with Crippen molar-refractivity contribution in [2.45, 2.75) is 64.5 Å². The molecule has 1 saturated carbocycles. The first-order chi connectivity index (χ1) is 18.8.